The molecule has 1 rings (SSSR count). The van der Waals surface area contributed by atoms with E-state index in [1.165, 1.54) is 0 Å². The van der Waals surface area contributed by atoms with Crippen LogP contribution in [-0.2, 0) is 4.79 Å². The second-order valence-corrected chi connectivity index (χ2v) is 9.74. The van der Waals surface area contributed by atoms with Crippen LogP contribution in [0.2, 0.25) is 19.6 Å². The van der Waals surface area contributed by atoms with Crippen LogP contribution in [-0.4, -0.2) is 13.9 Å². The Morgan fingerprint density at radius 1 is 1.38 bits per heavy atom. The van der Waals surface area contributed by atoms with Gasteiger partial charge in [-0.3, -0.25) is 4.79 Å². The molecule has 1 nitrogen and oxygen atoms in total. The molecule has 0 fully saturated rings. The monoisotopic (exact) mass is 194 g/mol. The van der Waals surface area contributed by atoms with Crippen molar-refractivity contribution in [2.45, 2.75) is 38.9 Å². The van der Waals surface area contributed by atoms with E-state index in [2.05, 4.69) is 31.4 Å². The van der Waals surface area contributed by atoms with Crippen molar-refractivity contribution in [3.8, 4) is 0 Å². The van der Waals surface area contributed by atoms with Crippen LogP contribution in [0.3, 0.4) is 0 Å². The number of carbonyl (C=O) groups is 1. The molecule has 0 aromatic rings. The van der Waals surface area contributed by atoms with Gasteiger partial charge >= 0.3 is 0 Å². The molecule has 13 heavy (non-hydrogen) atoms. The van der Waals surface area contributed by atoms with Crippen molar-refractivity contribution < 1.29 is 4.79 Å². The van der Waals surface area contributed by atoms with E-state index in [-0.39, 0.29) is 0 Å². The maximum Gasteiger partial charge on any atom is 0.162 e. The molecule has 72 valence electrons. The van der Waals surface area contributed by atoms with E-state index >= 15 is 0 Å². The highest BCUT2D eigenvalue weighted by Crippen LogP contribution is 2.16. The molecule has 0 amide bonds. The number of ketones is 1. The Hall–Kier alpha value is -0.633. The fraction of sp³-hybridized carbons (Fsp3) is 0.545. The highest BCUT2D eigenvalue weighted by atomic mass is 28.3. The largest absolute Gasteiger partial charge is 0.294 e. The van der Waals surface area contributed by atoms with Crippen LogP contribution in [0, 0.1) is 0 Å². The molecule has 0 aliphatic heterocycles. The Morgan fingerprint density at radius 2 is 2.08 bits per heavy atom. The van der Waals surface area contributed by atoms with E-state index in [9.17, 15) is 4.79 Å². The van der Waals surface area contributed by atoms with E-state index in [0.29, 0.717) is 5.78 Å². The number of rotatable bonds is 2. The van der Waals surface area contributed by atoms with Crippen LogP contribution in [0.25, 0.3) is 0 Å². The summed E-state index contributed by atoms with van der Waals surface area (Å²) in [6.45, 7) is 6.83. The Bertz CT molecular complexity index is 256. The maximum absolute atomic E-state index is 11.4. The van der Waals surface area contributed by atoms with Crippen molar-refractivity contribution >= 4 is 13.9 Å². The van der Waals surface area contributed by atoms with Crippen molar-refractivity contribution in [3.63, 3.8) is 0 Å². The van der Waals surface area contributed by atoms with E-state index in [1.807, 2.05) is 6.08 Å². The maximum atomic E-state index is 11.4. The lowest BCUT2D eigenvalue weighted by atomic mass is 9.98. The minimum absolute atomic E-state index is 0.320. The zero-order valence-electron chi connectivity index (χ0n) is 8.76. The first kappa shape index (κ1) is 10.4. The van der Waals surface area contributed by atoms with Gasteiger partial charge in [-0.25, -0.2) is 0 Å². The second-order valence-electron chi connectivity index (χ2n) is 4.67. The zero-order chi connectivity index (χ0) is 9.90. The lowest BCUT2D eigenvalue weighted by Crippen LogP contribution is -2.16. The first-order valence-corrected chi connectivity index (χ1v) is 8.49. The van der Waals surface area contributed by atoms with Crippen molar-refractivity contribution in [1.82, 2.24) is 0 Å². The molecule has 0 radical (unpaired) electrons. The Morgan fingerprint density at radius 3 is 2.62 bits per heavy atom. The third-order valence-electron chi connectivity index (χ3n) is 2.06. The lowest BCUT2D eigenvalue weighted by molar-refractivity contribution is -0.115. The predicted molar refractivity (Wildman–Crippen MR) is 59.4 cm³/mol. The topological polar surface area (TPSA) is 17.1 Å². The minimum atomic E-state index is -1.14. The smallest absolute Gasteiger partial charge is 0.162 e. The Balaban J connectivity index is 2.68. The summed E-state index contributed by atoms with van der Waals surface area (Å²) in [5, 5.41) is 0. The molecule has 0 aromatic carbocycles. The molecule has 0 N–H and O–H groups in total. The number of Topliss-reactive ketones (excluding diaryl/α,β-unsaturated/α-hetero) is 1. The van der Waals surface area contributed by atoms with Gasteiger partial charge < -0.3 is 0 Å². The quantitative estimate of drug-likeness (QED) is 0.617. The molecule has 0 bridgehead atoms. The summed E-state index contributed by atoms with van der Waals surface area (Å²) < 4.78 is 0. The predicted octanol–water partition coefficient (Wildman–Crippen LogP) is 3.10. The summed E-state index contributed by atoms with van der Waals surface area (Å²) in [4.78, 5) is 11.4. The van der Waals surface area contributed by atoms with Gasteiger partial charge in [-0.05, 0) is 12.8 Å². The van der Waals surface area contributed by atoms with E-state index in [1.54, 1.807) is 0 Å². The Labute approximate surface area is 81.5 Å². The van der Waals surface area contributed by atoms with Gasteiger partial charge in [0, 0.05) is 12.0 Å². The molecule has 0 saturated heterocycles. The minimum Gasteiger partial charge on any atom is -0.294 e. The van der Waals surface area contributed by atoms with Gasteiger partial charge in [-0.1, -0.05) is 37.5 Å². The summed E-state index contributed by atoms with van der Waals surface area (Å²) in [5.41, 5.74) is 3.18. The number of hydrogen-bond donors (Lipinski definition) is 0. The fourth-order valence-electron chi connectivity index (χ4n) is 1.28. The first-order chi connectivity index (χ1) is 5.99. The van der Waals surface area contributed by atoms with Gasteiger partial charge in [0.25, 0.3) is 0 Å². The molecule has 1 aliphatic rings. The number of hydrogen-bond acceptors (Lipinski definition) is 1. The van der Waals surface area contributed by atoms with Crippen LogP contribution in [0.1, 0.15) is 19.3 Å². The molecular weight excluding hydrogens is 176 g/mol. The average Bonchev–Trinajstić information content (AvgIpc) is 2.01. The van der Waals surface area contributed by atoms with Crippen molar-refractivity contribution in [2.24, 2.45) is 0 Å². The zero-order valence-corrected chi connectivity index (χ0v) is 9.76. The second kappa shape index (κ2) is 4.05. The summed E-state index contributed by atoms with van der Waals surface area (Å²) in [7, 11) is -1.14. The van der Waals surface area contributed by atoms with Crippen molar-refractivity contribution in [1.29, 1.82) is 0 Å². The standard InChI is InChI=1S/C11H18OSi/c1-13(2,3)9-8-10-6-4-5-7-11(10)12/h6,8-9H,4-5,7H2,1-3H3. The van der Waals surface area contributed by atoms with Gasteiger partial charge in [0.05, 0.1) is 8.07 Å². The van der Waals surface area contributed by atoms with Crippen LogP contribution < -0.4 is 0 Å². The third kappa shape index (κ3) is 3.72. The number of allylic oxidation sites excluding steroid dienone is 3. The molecule has 0 aromatic heterocycles. The summed E-state index contributed by atoms with van der Waals surface area (Å²) in [5.74, 6) is 0.320. The molecule has 1 aliphatic carbocycles. The average molecular weight is 194 g/mol. The van der Waals surface area contributed by atoms with Gasteiger partial charge in [-0.15, -0.1) is 0 Å². The highest BCUT2D eigenvalue weighted by Gasteiger charge is 2.12. The summed E-state index contributed by atoms with van der Waals surface area (Å²) >= 11 is 0. The van der Waals surface area contributed by atoms with E-state index < -0.39 is 8.07 Å². The van der Waals surface area contributed by atoms with E-state index in [4.69, 9.17) is 0 Å². The number of carbonyl (C=O) groups excluding carboxylic acids is 1. The van der Waals surface area contributed by atoms with Crippen LogP contribution in [0.5, 0.6) is 0 Å². The van der Waals surface area contributed by atoms with E-state index in [0.717, 1.165) is 24.8 Å². The van der Waals surface area contributed by atoms with Gasteiger partial charge in [-0.2, -0.15) is 0 Å². The SMILES string of the molecule is C[Si](C)(C)C=CC1=CCCCC1=O. The Kier molecular flexibility index (Phi) is 3.26. The van der Waals surface area contributed by atoms with Crippen LogP contribution in [0.4, 0.5) is 0 Å². The lowest BCUT2D eigenvalue weighted by Gasteiger charge is -2.11. The van der Waals surface area contributed by atoms with Crippen LogP contribution in [0.15, 0.2) is 23.4 Å². The van der Waals surface area contributed by atoms with Gasteiger partial charge in [0.2, 0.25) is 0 Å². The van der Waals surface area contributed by atoms with Crippen molar-refractivity contribution in [2.75, 3.05) is 0 Å². The van der Waals surface area contributed by atoms with Gasteiger partial charge in [0.1, 0.15) is 0 Å². The molecule has 0 saturated carbocycles. The molecular formula is C11H18OSi. The molecule has 0 spiro atoms. The fourth-order valence-corrected chi connectivity index (χ4v) is 1.96. The van der Waals surface area contributed by atoms with Crippen LogP contribution >= 0.6 is 0 Å². The highest BCUT2D eigenvalue weighted by molar-refractivity contribution is 6.81. The molecule has 0 heterocycles. The normalized spacial score (nSPS) is 19.3. The first-order valence-electron chi connectivity index (χ1n) is 4.92. The van der Waals surface area contributed by atoms with Crippen molar-refractivity contribution in [3.05, 3.63) is 23.4 Å². The molecule has 0 atom stereocenters. The molecule has 0 unspecified atom stereocenters. The summed E-state index contributed by atoms with van der Waals surface area (Å²) in [6, 6.07) is 0. The van der Waals surface area contributed by atoms with Gasteiger partial charge in [0.15, 0.2) is 5.78 Å². The third-order valence-corrected chi connectivity index (χ3v) is 3.22. The molecule has 2 heteroatoms. The summed E-state index contributed by atoms with van der Waals surface area (Å²) in [6.07, 6.45) is 6.94.